The third-order valence-corrected chi connectivity index (χ3v) is 3.31. The molecule has 3 heteroatoms. The van der Waals surface area contributed by atoms with Crippen molar-refractivity contribution in [2.24, 2.45) is 7.05 Å². The van der Waals surface area contributed by atoms with E-state index < -0.39 is 0 Å². The number of para-hydroxylation sites is 1. The molecule has 1 saturated heterocycles. The maximum absolute atomic E-state index is 11.3. The van der Waals surface area contributed by atoms with Crippen molar-refractivity contribution in [3.05, 3.63) is 36.0 Å². The van der Waals surface area contributed by atoms with E-state index in [0.717, 1.165) is 6.42 Å². The van der Waals surface area contributed by atoms with Crippen molar-refractivity contribution in [2.75, 3.05) is 6.54 Å². The van der Waals surface area contributed by atoms with Crippen LogP contribution in [0.1, 0.15) is 5.56 Å². The summed E-state index contributed by atoms with van der Waals surface area (Å²) in [7, 11) is 2.04. The van der Waals surface area contributed by atoms with Gasteiger partial charge in [0, 0.05) is 24.1 Å². The largest absolute Gasteiger partial charge is 0.350 e. The predicted molar refractivity (Wildman–Crippen MR) is 63.4 cm³/mol. The Morgan fingerprint density at radius 1 is 1.44 bits per heavy atom. The lowest BCUT2D eigenvalue weighted by molar-refractivity contribution is -0.125. The minimum Gasteiger partial charge on any atom is -0.350 e. The molecular formula is C13H14N2O. The zero-order valence-corrected chi connectivity index (χ0v) is 9.23. The minimum absolute atomic E-state index is 0.0332. The summed E-state index contributed by atoms with van der Waals surface area (Å²) in [6.45, 7) is 0.537. The molecule has 2 aromatic rings. The Morgan fingerprint density at radius 2 is 2.25 bits per heavy atom. The average molecular weight is 214 g/mol. The maximum Gasteiger partial charge on any atom is 0.163 e. The molecule has 2 heterocycles. The van der Waals surface area contributed by atoms with E-state index in [0.29, 0.717) is 12.3 Å². The minimum atomic E-state index is 0.0332. The molecule has 1 aromatic heterocycles. The molecule has 1 aliphatic heterocycles. The Morgan fingerprint density at radius 3 is 2.94 bits per heavy atom. The Hall–Kier alpha value is -1.61. The first-order valence-corrected chi connectivity index (χ1v) is 5.55. The van der Waals surface area contributed by atoms with Gasteiger partial charge < -0.3 is 9.88 Å². The molecule has 1 fully saturated rings. The van der Waals surface area contributed by atoms with E-state index in [4.69, 9.17) is 0 Å². The van der Waals surface area contributed by atoms with Crippen molar-refractivity contribution in [3.8, 4) is 0 Å². The average Bonchev–Trinajstić information content (AvgIpc) is 2.62. The summed E-state index contributed by atoms with van der Waals surface area (Å²) in [4.78, 5) is 11.3. The summed E-state index contributed by atoms with van der Waals surface area (Å²) < 4.78 is 2.12. The smallest absolute Gasteiger partial charge is 0.163 e. The van der Waals surface area contributed by atoms with Crippen LogP contribution in [0.15, 0.2) is 30.5 Å². The van der Waals surface area contributed by atoms with Gasteiger partial charge >= 0.3 is 0 Å². The Labute approximate surface area is 94.1 Å². The van der Waals surface area contributed by atoms with Gasteiger partial charge in [0.1, 0.15) is 0 Å². The second-order valence-corrected chi connectivity index (χ2v) is 4.39. The SMILES string of the molecule is Cn1cc(CC2NCC2=O)c2ccccc21. The van der Waals surface area contributed by atoms with Gasteiger partial charge in [-0.1, -0.05) is 18.2 Å². The van der Waals surface area contributed by atoms with Crippen molar-refractivity contribution >= 4 is 16.7 Å². The first-order valence-electron chi connectivity index (χ1n) is 5.55. The Kier molecular flexibility index (Phi) is 2.07. The van der Waals surface area contributed by atoms with Crippen LogP contribution in [0.5, 0.6) is 0 Å². The fourth-order valence-electron chi connectivity index (χ4n) is 2.32. The van der Waals surface area contributed by atoms with E-state index in [1.165, 1.54) is 16.5 Å². The van der Waals surface area contributed by atoms with E-state index in [9.17, 15) is 4.79 Å². The molecule has 1 aromatic carbocycles. The van der Waals surface area contributed by atoms with E-state index in [1.54, 1.807) is 0 Å². The van der Waals surface area contributed by atoms with Gasteiger partial charge in [0.2, 0.25) is 0 Å². The summed E-state index contributed by atoms with van der Waals surface area (Å²) in [5, 5.41) is 4.41. The molecule has 16 heavy (non-hydrogen) atoms. The summed E-state index contributed by atoms with van der Waals surface area (Å²) in [6, 6.07) is 8.34. The standard InChI is InChI=1S/C13H14N2O/c1-15-8-9(6-11-13(16)7-14-11)10-4-2-3-5-12(10)15/h2-5,8,11,14H,6-7H2,1H3. The molecule has 0 spiro atoms. The van der Waals surface area contributed by atoms with E-state index in [1.807, 2.05) is 19.2 Å². The number of carbonyl (C=O) groups excluding carboxylic acids is 1. The molecular weight excluding hydrogens is 200 g/mol. The van der Waals surface area contributed by atoms with E-state index >= 15 is 0 Å². The van der Waals surface area contributed by atoms with Gasteiger partial charge in [-0.3, -0.25) is 4.79 Å². The number of aromatic nitrogens is 1. The lowest BCUT2D eigenvalue weighted by Crippen LogP contribution is -2.54. The number of aryl methyl sites for hydroxylation is 1. The van der Waals surface area contributed by atoms with Crippen molar-refractivity contribution < 1.29 is 4.79 Å². The van der Waals surface area contributed by atoms with Gasteiger partial charge in [0.15, 0.2) is 5.78 Å². The number of hydrogen-bond acceptors (Lipinski definition) is 2. The van der Waals surface area contributed by atoms with Crippen LogP contribution in [0.2, 0.25) is 0 Å². The van der Waals surface area contributed by atoms with Crippen LogP contribution in [0.4, 0.5) is 0 Å². The fourth-order valence-corrected chi connectivity index (χ4v) is 2.32. The van der Waals surface area contributed by atoms with Crippen LogP contribution in [0, 0.1) is 0 Å². The van der Waals surface area contributed by atoms with Gasteiger partial charge in [0.05, 0.1) is 12.6 Å². The zero-order valence-electron chi connectivity index (χ0n) is 9.23. The number of nitrogens with one attached hydrogen (secondary N) is 1. The van der Waals surface area contributed by atoms with Crippen LogP contribution in [0.25, 0.3) is 10.9 Å². The first kappa shape index (κ1) is 9.60. The fraction of sp³-hybridized carbons (Fsp3) is 0.308. The molecule has 1 N–H and O–H groups in total. The molecule has 1 aliphatic rings. The van der Waals surface area contributed by atoms with Crippen LogP contribution < -0.4 is 5.32 Å². The normalized spacial score (nSPS) is 20.1. The number of hydrogen-bond donors (Lipinski definition) is 1. The molecule has 0 saturated carbocycles. The summed E-state index contributed by atoms with van der Waals surface area (Å²) in [6.07, 6.45) is 2.93. The highest BCUT2D eigenvalue weighted by Gasteiger charge is 2.27. The number of fused-ring (bicyclic) bond motifs is 1. The quantitative estimate of drug-likeness (QED) is 0.816. The number of Topliss-reactive ketones (excluding diaryl/α,β-unsaturated/α-hetero) is 1. The van der Waals surface area contributed by atoms with Crippen molar-refractivity contribution in [1.29, 1.82) is 0 Å². The second-order valence-electron chi connectivity index (χ2n) is 4.39. The van der Waals surface area contributed by atoms with Crippen molar-refractivity contribution in [2.45, 2.75) is 12.5 Å². The predicted octanol–water partition coefficient (Wildman–Crippen LogP) is 1.26. The maximum atomic E-state index is 11.3. The number of benzene rings is 1. The third-order valence-electron chi connectivity index (χ3n) is 3.31. The monoisotopic (exact) mass is 214 g/mol. The second kappa shape index (κ2) is 3.46. The number of ketones is 1. The van der Waals surface area contributed by atoms with Gasteiger partial charge in [-0.05, 0) is 18.1 Å². The first-order chi connectivity index (χ1) is 7.75. The summed E-state index contributed by atoms with van der Waals surface area (Å²) in [5.74, 6) is 0.327. The van der Waals surface area contributed by atoms with E-state index in [2.05, 4.69) is 28.2 Å². The number of nitrogens with zero attached hydrogens (tertiary/aromatic N) is 1. The molecule has 1 atom stereocenters. The number of rotatable bonds is 2. The van der Waals surface area contributed by atoms with Crippen LogP contribution in [-0.4, -0.2) is 22.9 Å². The molecule has 0 aliphatic carbocycles. The van der Waals surface area contributed by atoms with E-state index in [-0.39, 0.29) is 6.04 Å². The van der Waals surface area contributed by atoms with Crippen LogP contribution in [-0.2, 0) is 18.3 Å². The van der Waals surface area contributed by atoms with Gasteiger partial charge in [-0.25, -0.2) is 0 Å². The Balaban J connectivity index is 2.00. The molecule has 0 radical (unpaired) electrons. The zero-order chi connectivity index (χ0) is 11.1. The molecule has 0 amide bonds. The van der Waals surface area contributed by atoms with Crippen molar-refractivity contribution in [1.82, 2.24) is 9.88 Å². The highest BCUT2D eigenvalue weighted by atomic mass is 16.1. The van der Waals surface area contributed by atoms with Gasteiger partial charge in [-0.15, -0.1) is 0 Å². The highest BCUT2D eigenvalue weighted by Crippen LogP contribution is 2.22. The Bertz CT molecular complexity index is 556. The molecule has 3 nitrogen and oxygen atoms in total. The van der Waals surface area contributed by atoms with Crippen molar-refractivity contribution in [3.63, 3.8) is 0 Å². The van der Waals surface area contributed by atoms with Gasteiger partial charge in [0.25, 0.3) is 0 Å². The molecule has 82 valence electrons. The lowest BCUT2D eigenvalue weighted by Gasteiger charge is -2.25. The molecule has 0 bridgehead atoms. The lowest BCUT2D eigenvalue weighted by atomic mass is 9.97. The third kappa shape index (κ3) is 1.36. The molecule has 3 rings (SSSR count). The topological polar surface area (TPSA) is 34.0 Å². The molecule has 1 unspecified atom stereocenters. The summed E-state index contributed by atoms with van der Waals surface area (Å²) >= 11 is 0. The van der Waals surface area contributed by atoms with Crippen LogP contribution in [0.3, 0.4) is 0 Å². The summed E-state index contributed by atoms with van der Waals surface area (Å²) in [5.41, 5.74) is 2.48. The van der Waals surface area contributed by atoms with Crippen LogP contribution >= 0.6 is 0 Å². The number of carbonyl (C=O) groups is 1. The van der Waals surface area contributed by atoms with Gasteiger partial charge in [-0.2, -0.15) is 0 Å². The highest BCUT2D eigenvalue weighted by molar-refractivity contribution is 5.92.